The molecule has 1 heteroatoms. The molecule has 0 saturated heterocycles. The molecule has 0 radical (unpaired) electrons. The van der Waals surface area contributed by atoms with Crippen molar-refractivity contribution in [2.45, 2.75) is 77.6 Å². The molecule has 0 amide bonds. The summed E-state index contributed by atoms with van der Waals surface area (Å²) < 4.78 is 5.18. The van der Waals surface area contributed by atoms with Gasteiger partial charge in [-0.25, -0.2) is 0 Å². The van der Waals surface area contributed by atoms with Crippen LogP contribution in [-0.4, -0.2) is 6.61 Å². The topological polar surface area (TPSA) is 9.23 Å². The molecule has 18 heavy (non-hydrogen) atoms. The third-order valence-electron chi connectivity index (χ3n) is 3.13. The Labute approximate surface area is 114 Å². The summed E-state index contributed by atoms with van der Waals surface area (Å²) in [5.74, 6) is 0. The largest absolute Gasteiger partial charge is 0.497 e. The van der Waals surface area contributed by atoms with E-state index in [1.807, 2.05) is 0 Å². The van der Waals surface area contributed by atoms with Gasteiger partial charge in [-0.3, -0.25) is 0 Å². The van der Waals surface area contributed by atoms with Gasteiger partial charge in [0.05, 0.1) is 6.26 Å². The zero-order valence-electron chi connectivity index (χ0n) is 12.3. The van der Waals surface area contributed by atoms with E-state index in [0.29, 0.717) is 6.61 Å². The van der Waals surface area contributed by atoms with E-state index < -0.39 is 0 Å². The summed E-state index contributed by atoms with van der Waals surface area (Å²) in [7, 11) is 0. The number of hydrogen-bond donors (Lipinski definition) is 0. The van der Waals surface area contributed by atoms with Gasteiger partial charge in [-0.1, -0.05) is 77.4 Å². The lowest BCUT2D eigenvalue weighted by Crippen LogP contribution is -1.82. The summed E-state index contributed by atoms with van der Waals surface area (Å²) in [5.41, 5.74) is 0. The minimum Gasteiger partial charge on any atom is -0.497 e. The standard InChI is InChI=1S/C17H32O/c1-3-5-6-7-8-9-10-11-12-13-14-15-17-18-16-4-2/h4,15,17H,2-3,5-14,16H2,1H3/b17-15+. The van der Waals surface area contributed by atoms with E-state index in [1.165, 1.54) is 64.2 Å². The summed E-state index contributed by atoms with van der Waals surface area (Å²) in [4.78, 5) is 0. The summed E-state index contributed by atoms with van der Waals surface area (Å²) in [6.07, 6.45) is 20.8. The Morgan fingerprint density at radius 1 is 0.833 bits per heavy atom. The second-order valence-electron chi connectivity index (χ2n) is 4.96. The van der Waals surface area contributed by atoms with E-state index in [0.717, 1.165) is 6.42 Å². The van der Waals surface area contributed by atoms with Gasteiger partial charge in [-0.05, 0) is 18.9 Å². The highest BCUT2D eigenvalue weighted by atomic mass is 16.5. The predicted molar refractivity (Wildman–Crippen MR) is 81.8 cm³/mol. The van der Waals surface area contributed by atoms with Crippen LogP contribution in [-0.2, 0) is 4.74 Å². The summed E-state index contributed by atoms with van der Waals surface area (Å²) >= 11 is 0. The maximum atomic E-state index is 5.18. The smallest absolute Gasteiger partial charge is 0.105 e. The first-order chi connectivity index (χ1) is 8.91. The number of ether oxygens (including phenoxy) is 1. The van der Waals surface area contributed by atoms with Gasteiger partial charge in [0, 0.05) is 0 Å². The Morgan fingerprint density at radius 2 is 1.39 bits per heavy atom. The van der Waals surface area contributed by atoms with Gasteiger partial charge in [0.2, 0.25) is 0 Å². The molecule has 0 fully saturated rings. The molecule has 0 unspecified atom stereocenters. The Kier molecular flexibility index (Phi) is 15.6. The molecule has 0 saturated carbocycles. The molecule has 0 spiro atoms. The number of unbranched alkanes of at least 4 members (excludes halogenated alkanes) is 10. The summed E-state index contributed by atoms with van der Waals surface area (Å²) in [5, 5.41) is 0. The van der Waals surface area contributed by atoms with Crippen LogP contribution in [0.4, 0.5) is 0 Å². The van der Waals surface area contributed by atoms with Crippen molar-refractivity contribution in [2.75, 3.05) is 6.61 Å². The van der Waals surface area contributed by atoms with E-state index in [-0.39, 0.29) is 0 Å². The molecular formula is C17H32O. The fraction of sp³-hybridized carbons (Fsp3) is 0.765. The van der Waals surface area contributed by atoms with Crippen LogP contribution in [0.15, 0.2) is 25.0 Å². The predicted octanol–water partition coefficient (Wildman–Crippen LogP) is 6.01. The molecule has 0 rings (SSSR count). The highest BCUT2D eigenvalue weighted by molar-refractivity contribution is 4.75. The van der Waals surface area contributed by atoms with Crippen molar-refractivity contribution >= 4 is 0 Å². The van der Waals surface area contributed by atoms with Gasteiger partial charge in [-0.2, -0.15) is 0 Å². The zero-order valence-corrected chi connectivity index (χ0v) is 12.3. The Bertz CT molecular complexity index is 184. The maximum Gasteiger partial charge on any atom is 0.105 e. The molecule has 0 aliphatic carbocycles. The Balaban J connectivity index is 2.98. The lowest BCUT2D eigenvalue weighted by molar-refractivity contribution is 0.288. The number of hydrogen-bond acceptors (Lipinski definition) is 1. The van der Waals surface area contributed by atoms with Gasteiger partial charge in [0.15, 0.2) is 0 Å². The maximum absolute atomic E-state index is 5.18. The molecule has 0 aromatic rings. The van der Waals surface area contributed by atoms with Crippen molar-refractivity contribution in [3.8, 4) is 0 Å². The second kappa shape index (κ2) is 16.3. The van der Waals surface area contributed by atoms with Gasteiger partial charge < -0.3 is 4.74 Å². The van der Waals surface area contributed by atoms with Crippen LogP contribution in [0.3, 0.4) is 0 Å². The monoisotopic (exact) mass is 252 g/mol. The van der Waals surface area contributed by atoms with Crippen LogP contribution < -0.4 is 0 Å². The van der Waals surface area contributed by atoms with Gasteiger partial charge in [0.25, 0.3) is 0 Å². The van der Waals surface area contributed by atoms with E-state index in [2.05, 4.69) is 19.6 Å². The van der Waals surface area contributed by atoms with E-state index in [9.17, 15) is 0 Å². The molecule has 0 N–H and O–H groups in total. The molecular weight excluding hydrogens is 220 g/mol. The van der Waals surface area contributed by atoms with Crippen molar-refractivity contribution in [2.24, 2.45) is 0 Å². The summed E-state index contributed by atoms with van der Waals surface area (Å²) in [6, 6.07) is 0. The lowest BCUT2D eigenvalue weighted by atomic mass is 10.1. The Hall–Kier alpha value is -0.720. The molecule has 106 valence electrons. The normalized spacial score (nSPS) is 10.9. The van der Waals surface area contributed by atoms with Crippen molar-refractivity contribution in [3.63, 3.8) is 0 Å². The van der Waals surface area contributed by atoms with Crippen molar-refractivity contribution in [3.05, 3.63) is 25.0 Å². The van der Waals surface area contributed by atoms with Crippen molar-refractivity contribution in [1.29, 1.82) is 0 Å². The quantitative estimate of drug-likeness (QED) is 0.209. The SMILES string of the molecule is C=CCO/C=C/CCCCCCCCCCCC. The highest BCUT2D eigenvalue weighted by Crippen LogP contribution is 2.11. The van der Waals surface area contributed by atoms with E-state index in [1.54, 1.807) is 12.3 Å². The molecule has 1 nitrogen and oxygen atoms in total. The molecule has 0 bridgehead atoms. The molecule has 0 heterocycles. The van der Waals surface area contributed by atoms with Crippen molar-refractivity contribution < 1.29 is 4.74 Å². The van der Waals surface area contributed by atoms with Gasteiger partial charge >= 0.3 is 0 Å². The number of allylic oxidation sites excluding steroid dienone is 1. The molecule has 0 aliphatic heterocycles. The van der Waals surface area contributed by atoms with Crippen LogP contribution >= 0.6 is 0 Å². The third kappa shape index (κ3) is 15.3. The van der Waals surface area contributed by atoms with Gasteiger partial charge in [-0.15, -0.1) is 0 Å². The van der Waals surface area contributed by atoms with Crippen LogP contribution in [0.1, 0.15) is 77.6 Å². The van der Waals surface area contributed by atoms with Gasteiger partial charge in [0.1, 0.15) is 6.61 Å². The Morgan fingerprint density at radius 3 is 1.94 bits per heavy atom. The first kappa shape index (κ1) is 17.3. The third-order valence-corrected chi connectivity index (χ3v) is 3.13. The van der Waals surface area contributed by atoms with Crippen LogP contribution in [0.5, 0.6) is 0 Å². The fourth-order valence-electron chi connectivity index (χ4n) is 2.01. The minimum atomic E-state index is 0.620. The van der Waals surface area contributed by atoms with Crippen LogP contribution in [0, 0.1) is 0 Å². The second-order valence-corrected chi connectivity index (χ2v) is 4.96. The molecule has 0 aliphatic rings. The average molecular weight is 252 g/mol. The van der Waals surface area contributed by atoms with E-state index >= 15 is 0 Å². The van der Waals surface area contributed by atoms with Crippen LogP contribution in [0.25, 0.3) is 0 Å². The van der Waals surface area contributed by atoms with Crippen molar-refractivity contribution in [1.82, 2.24) is 0 Å². The highest BCUT2D eigenvalue weighted by Gasteiger charge is 1.91. The zero-order chi connectivity index (χ0) is 13.3. The number of rotatable bonds is 14. The minimum absolute atomic E-state index is 0.620. The fourth-order valence-corrected chi connectivity index (χ4v) is 2.01. The molecule has 0 aromatic heterocycles. The lowest BCUT2D eigenvalue weighted by Gasteiger charge is -2.01. The van der Waals surface area contributed by atoms with Crippen LogP contribution in [0.2, 0.25) is 0 Å². The first-order valence-electron chi connectivity index (χ1n) is 7.79. The first-order valence-corrected chi connectivity index (χ1v) is 7.79. The molecule has 0 aromatic carbocycles. The molecule has 0 atom stereocenters. The van der Waals surface area contributed by atoms with E-state index in [4.69, 9.17) is 4.74 Å². The summed E-state index contributed by atoms with van der Waals surface area (Å²) in [6.45, 7) is 6.50. The average Bonchev–Trinajstić information content (AvgIpc) is 2.39.